The zero-order valence-electron chi connectivity index (χ0n) is 16.4. The van der Waals surface area contributed by atoms with Gasteiger partial charge in [-0.2, -0.15) is 0 Å². The third-order valence-electron chi connectivity index (χ3n) is 3.98. The highest BCUT2D eigenvalue weighted by atomic mass is 32.1. The molecule has 0 bridgehead atoms. The van der Waals surface area contributed by atoms with Gasteiger partial charge in [0, 0.05) is 31.2 Å². The number of nitrogens with one attached hydrogen (secondary N) is 1. The number of guanidine groups is 1. The van der Waals surface area contributed by atoms with E-state index in [-0.39, 0.29) is 0 Å². The fraction of sp³-hybridized carbons (Fsp3) is 0.474. The minimum absolute atomic E-state index is 0.579. The van der Waals surface area contributed by atoms with Crippen molar-refractivity contribution in [3.8, 4) is 11.5 Å². The van der Waals surface area contributed by atoms with Crippen molar-refractivity contribution in [2.45, 2.75) is 33.9 Å². The van der Waals surface area contributed by atoms with Crippen molar-refractivity contribution in [2.75, 3.05) is 27.8 Å². The van der Waals surface area contributed by atoms with Crippen molar-refractivity contribution >= 4 is 17.3 Å². The Morgan fingerprint density at radius 3 is 2.50 bits per heavy atom. The average molecular weight is 377 g/mol. The summed E-state index contributed by atoms with van der Waals surface area (Å²) in [7, 11) is 5.34. The van der Waals surface area contributed by atoms with E-state index < -0.39 is 0 Å². The van der Waals surface area contributed by atoms with Crippen LogP contribution in [0.4, 0.5) is 0 Å². The molecule has 0 spiro atoms. The minimum Gasteiger partial charge on any atom is -0.493 e. The van der Waals surface area contributed by atoms with Gasteiger partial charge in [-0.05, 0) is 44.0 Å². The first kappa shape index (κ1) is 20.0. The zero-order valence-corrected chi connectivity index (χ0v) is 17.2. The van der Waals surface area contributed by atoms with E-state index in [2.05, 4.69) is 36.0 Å². The Balaban J connectivity index is 2.17. The standard InChI is InChI=1S/C19H28N4O2S/c1-7-20-19(22-11-18-21-10-14(3)26-18)23(4)12-15-9-17(25-6)16(24-5)8-13(15)2/h8-10H,7,11-12H2,1-6H3,(H,20,22). The second-order valence-corrected chi connectivity index (χ2v) is 7.34. The Morgan fingerprint density at radius 1 is 1.23 bits per heavy atom. The molecule has 0 atom stereocenters. The molecule has 0 aliphatic heterocycles. The quantitative estimate of drug-likeness (QED) is 0.593. The van der Waals surface area contributed by atoms with E-state index in [1.807, 2.05) is 25.4 Å². The molecule has 1 N–H and O–H groups in total. The molecule has 6 nitrogen and oxygen atoms in total. The SMILES string of the molecule is CCNC(=NCc1ncc(C)s1)N(C)Cc1cc(OC)c(OC)cc1C. The minimum atomic E-state index is 0.579. The maximum Gasteiger partial charge on any atom is 0.194 e. The number of thiazole rings is 1. The predicted octanol–water partition coefficient (Wildman–Crippen LogP) is 3.37. The number of methoxy groups -OCH3 is 2. The first-order valence-corrected chi connectivity index (χ1v) is 9.42. The lowest BCUT2D eigenvalue weighted by atomic mass is 10.1. The molecule has 142 valence electrons. The number of ether oxygens (including phenoxy) is 2. The Labute approximate surface area is 159 Å². The van der Waals surface area contributed by atoms with Gasteiger partial charge in [-0.3, -0.25) is 0 Å². The van der Waals surface area contributed by atoms with Crippen LogP contribution in [-0.2, 0) is 13.1 Å². The number of aromatic nitrogens is 1. The van der Waals surface area contributed by atoms with Gasteiger partial charge in [-0.1, -0.05) is 0 Å². The van der Waals surface area contributed by atoms with Gasteiger partial charge in [0.25, 0.3) is 0 Å². The van der Waals surface area contributed by atoms with Crippen molar-refractivity contribution in [1.29, 1.82) is 0 Å². The molecule has 1 aromatic heterocycles. The van der Waals surface area contributed by atoms with Gasteiger partial charge in [0.15, 0.2) is 17.5 Å². The monoisotopic (exact) mass is 376 g/mol. The van der Waals surface area contributed by atoms with Crippen LogP contribution in [0.25, 0.3) is 0 Å². The molecule has 1 heterocycles. The van der Waals surface area contributed by atoms with Gasteiger partial charge in [0.2, 0.25) is 0 Å². The summed E-state index contributed by atoms with van der Waals surface area (Å²) in [5, 5.41) is 4.37. The van der Waals surface area contributed by atoms with Crippen LogP contribution in [0.15, 0.2) is 23.3 Å². The predicted molar refractivity (Wildman–Crippen MR) is 107 cm³/mol. The lowest BCUT2D eigenvalue weighted by Crippen LogP contribution is -2.38. The van der Waals surface area contributed by atoms with Gasteiger partial charge >= 0.3 is 0 Å². The maximum atomic E-state index is 5.43. The highest BCUT2D eigenvalue weighted by Crippen LogP contribution is 2.30. The molecular formula is C19H28N4O2S. The molecule has 2 rings (SSSR count). The summed E-state index contributed by atoms with van der Waals surface area (Å²) in [5.41, 5.74) is 2.32. The molecule has 0 aliphatic rings. The fourth-order valence-corrected chi connectivity index (χ4v) is 3.32. The molecule has 2 aromatic rings. The Hall–Kier alpha value is -2.28. The first-order valence-electron chi connectivity index (χ1n) is 8.60. The summed E-state index contributed by atoms with van der Waals surface area (Å²) in [5.74, 6) is 2.34. The van der Waals surface area contributed by atoms with Crippen LogP contribution in [0.3, 0.4) is 0 Å². The summed E-state index contributed by atoms with van der Waals surface area (Å²) in [6.07, 6.45) is 1.89. The fourth-order valence-electron chi connectivity index (χ4n) is 2.61. The van der Waals surface area contributed by atoms with Gasteiger partial charge < -0.3 is 19.7 Å². The van der Waals surface area contributed by atoms with E-state index in [0.717, 1.165) is 41.1 Å². The summed E-state index contributed by atoms with van der Waals surface area (Å²) < 4.78 is 10.8. The first-order chi connectivity index (χ1) is 12.5. The third kappa shape index (κ3) is 5.11. The summed E-state index contributed by atoms with van der Waals surface area (Å²) in [6, 6.07) is 4.03. The number of nitrogens with zero attached hydrogens (tertiary/aromatic N) is 3. The number of hydrogen-bond acceptors (Lipinski definition) is 5. The van der Waals surface area contributed by atoms with Crippen molar-refractivity contribution in [1.82, 2.24) is 15.2 Å². The van der Waals surface area contributed by atoms with Gasteiger partial charge in [0.05, 0.1) is 20.8 Å². The second kappa shape index (κ2) is 9.43. The molecule has 0 saturated heterocycles. The van der Waals surface area contributed by atoms with Crippen LogP contribution in [-0.4, -0.2) is 43.7 Å². The van der Waals surface area contributed by atoms with Crippen molar-refractivity contribution in [2.24, 2.45) is 4.99 Å². The summed E-state index contributed by atoms with van der Waals surface area (Å²) >= 11 is 1.68. The smallest absolute Gasteiger partial charge is 0.194 e. The summed E-state index contributed by atoms with van der Waals surface area (Å²) in [6.45, 7) is 8.31. The third-order valence-corrected chi connectivity index (χ3v) is 4.88. The van der Waals surface area contributed by atoms with Crippen LogP contribution < -0.4 is 14.8 Å². The van der Waals surface area contributed by atoms with E-state index in [1.54, 1.807) is 25.6 Å². The number of hydrogen-bond donors (Lipinski definition) is 1. The lowest BCUT2D eigenvalue weighted by Gasteiger charge is -2.23. The molecular weight excluding hydrogens is 348 g/mol. The maximum absolute atomic E-state index is 5.43. The van der Waals surface area contributed by atoms with E-state index in [9.17, 15) is 0 Å². The molecule has 0 unspecified atom stereocenters. The second-order valence-electron chi connectivity index (χ2n) is 6.02. The van der Waals surface area contributed by atoms with Crippen LogP contribution in [0.5, 0.6) is 11.5 Å². The molecule has 26 heavy (non-hydrogen) atoms. The molecule has 1 aromatic carbocycles. The van der Waals surface area contributed by atoms with Gasteiger partial charge in [-0.25, -0.2) is 9.98 Å². The topological polar surface area (TPSA) is 59.0 Å². The molecule has 0 radical (unpaired) electrons. The normalized spacial score (nSPS) is 11.4. The average Bonchev–Trinajstić information content (AvgIpc) is 3.05. The highest BCUT2D eigenvalue weighted by Gasteiger charge is 2.13. The number of rotatable bonds is 7. The number of aryl methyl sites for hydroxylation is 2. The molecule has 0 saturated carbocycles. The van der Waals surface area contributed by atoms with Crippen LogP contribution >= 0.6 is 11.3 Å². The molecule has 0 aliphatic carbocycles. The Kier molecular flexibility index (Phi) is 7.26. The van der Waals surface area contributed by atoms with E-state index in [0.29, 0.717) is 6.54 Å². The number of aliphatic imine (C=N–C) groups is 1. The largest absolute Gasteiger partial charge is 0.493 e. The highest BCUT2D eigenvalue weighted by molar-refractivity contribution is 7.11. The summed E-state index contributed by atoms with van der Waals surface area (Å²) in [4.78, 5) is 12.4. The van der Waals surface area contributed by atoms with E-state index in [1.165, 1.54) is 10.4 Å². The van der Waals surface area contributed by atoms with Crippen molar-refractivity contribution in [3.05, 3.63) is 39.3 Å². The van der Waals surface area contributed by atoms with Crippen LogP contribution in [0.1, 0.15) is 27.9 Å². The van der Waals surface area contributed by atoms with Gasteiger partial charge in [0.1, 0.15) is 5.01 Å². The van der Waals surface area contributed by atoms with E-state index >= 15 is 0 Å². The Morgan fingerprint density at radius 2 is 1.92 bits per heavy atom. The van der Waals surface area contributed by atoms with Gasteiger partial charge in [-0.15, -0.1) is 11.3 Å². The van der Waals surface area contributed by atoms with E-state index in [4.69, 9.17) is 14.5 Å². The van der Waals surface area contributed by atoms with Crippen LogP contribution in [0.2, 0.25) is 0 Å². The molecule has 7 heteroatoms. The zero-order chi connectivity index (χ0) is 19.1. The number of benzene rings is 1. The van der Waals surface area contributed by atoms with Crippen molar-refractivity contribution in [3.63, 3.8) is 0 Å². The Bertz CT molecular complexity index is 758. The lowest BCUT2D eigenvalue weighted by molar-refractivity contribution is 0.353. The van der Waals surface area contributed by atoms with Crippen molar-refractivity contribution < 1.29 is 9.47 Å². The molecule has 0 amide bonds. The molecule has 0 fully saturated rings. The van der Waals surface area contributed by atoms with Crippen LogP contribution in [0, 0.1) is 13.8 Å².